The van der Waals surface area contributed by atoms with Gasteiger partial charge in [0.2, 0.25) is 5.91 Å². The van der Waals surface area contributed by atoms with E-state index in [0.29, 0.717) is 29.2 Å². The maximum atomic E-state index is 12.9. The molecule has 1 atom stereocenters. The summed E-state index contributed by atoms with van der Waals surface area (Å²) < 4.78 is 8.17. The van der Waals surface area contributed by atoms with Crippen molar-refractivity contribution in [2.45, 2.75) is 32.0 Å². The maximum absolute atomic E-state index is 12.9. The fraction of sp³-hybridized carbons (Fsp3) is 0.318. The van der Waals surface area contributed by atoms with E-state index >= 15 is 0 Å². The Labute approximate surface area is 177 Å². The van der Waals surface area contributed by atoms with Crippen LogP contribution >= 0.6 is 11.6 Å². The third-order valence-corrected chi connectivity index (χ3v) is 5.50. The summed E-state index contributed by atoms with van der Waals surface area (Å²) >= 11 is 5.93. The summed E-state index contributed by atoms with van der Waals surface area (Å²) in [7, 11) is 0. The van der Waals surface area contributed by atoms with Crippen LogP contribution in [0.15, 0.2) is 58.1 Å². The summed E-state index contributed by atoms with van der Waals surface area (Å²) in [5.41, 5.74) is 0.566. The standard InChI is InChI=1S/C22H22ClN3O4/c23-16-9-7-15(8-10-16)13-25-18-5-1-2-6-19(18)26(22(29)21(25)28)14-20(27)24-12-17-4-3-11-30-17/h1-2,5-10,17H,3-4,11-14H2,(H,24,27)/t17-/m0/s1. The monoisotopic (exact) mass is 427 g/mol. The lowest BCUT2D eigenvalue weighted by atomic mass is 10.2. The predicted octanol–water partition coefficient (Wildman–Crippen LogP) is 2.16. The number of carbonyl (C=O) groups is 1. The van der Waals surface area contributed by atoms with Gasteiger partial charge < -0.3 is 10.1 Å². The Morgan fingerprint density at radius 1 is 1.03 bits per heavy atom. The molecule has 7 nitrogen and oxygen atoms in total. The highest BCUT2D eigenvalue weighted by molar-refractivity contribution is 6.30. The molecule has 1 saturated heterocycles. The molecule has 1 aliphatic heterocycles. The molecular formula is C22H22ClN3O4. The Morgan fingerprint density at radius 2 is 1.70 bits per heavy atom. The summed E-state index contributed by atoms with van der Waals surface area (Å²) in [5.74, 6) is -0.326. The molecule has 0 radical (unpaired) electrons. The zero-order valence-electron chi connectivity index (χ0n) is 16.3. The van der Waals surface area contributed by atoms with Gasteiger partial charge in [-0.25, -0.2) is 0 Å². The first-order valence-electron chi connectivity index (χ1n) is 9.88. The number of nitrogens with zero attached hydrogens (tertiary/aromatic N) is 2. The fourth-order valence-electron chi connectivity index (χ4n) is 3.69. The van der Waals surface area contributed by atoms with Gasteiger partial charge in [-0.2, -0.15) is 0 Å². The number of benzene rings is 2. The van der Waals surface area contributed by atoms with Crippen LogP contribution in [-0.2, 0) is 22.6 Å². The Kier molecular flexibility index (Phi) is 6.01. The topological polar surface area (TPSA) is 82.3 Å². The van der Waals surface area contributed by atoms with Crippen molar-refractivity contribution in [2.75, 3.05) is 13.2 Å². The van der Waals surface area contributed by atoms with Crippen molar-refractivity contribution < 1.29 is 9.53 Å². The molecule has 4 rings (SSSR count). The molecule has 1 fully saturated rings. The Bertz CT molecular complexity index is 1180. The van der Waals surface area contributed by atoms with Crippen molar-refractivity contribution in [1.29, 1.82) is 0 Å². The Morgan fingerprint density at radius 3 is 2.37 bits per heavy atom. The highest BCUT2D eigenvalue weighted by atomic mass is 35.5. The van der Waals surface area contributed by atoms with Crippen molar-refractivity contribution in [3.05, 3.63) is 79.8 Å². The van der Waals surface area contributed by atoms with Gasteiger partial charge in [-0.3, -0.25) is 23.5 Å². The highest BCUT2D eigenvalue weighted by Crippen LogP contribution is 2.15. The SMILES string of the molecule is O=C(Cn1c(=O)c(=O)n(Cc2ccc(Cl)cc2)c2ccccc21)NC[C@@H]1CCCO1. The van der Waals surface area contributed by atoms with E-state index in [2.05, 4.69) is 5.32 Å². The minimum Gasteiger partial charge on any atom is -0.376 e. The minimum absolute atomic E-state index is 0.00907. The lowest BCUT2D eigenvalue weighted by molar-refractivity contribution is -0.122. The molecule has 2 heterocycles. The molecule has 0 spiro atoms. The molecule has 0 aliphatic carbocycles. The zero-order valence-corrected chi connectivity index (χ0v) is 17.1. The van der Waals surface area contributed by atoms with Gasteiger partial charge in [-0.05, 0) is 42.7 Å². The van der Waals surface area contributed by atoms with Crippen LogP contribution in [0.4, 0.5) is 0 Å². The number of hydrogen-bond acceptors (Lipinski definition) is 4. The molecule has 30 heavy (non-hydrogen) atoms. The van der Waals surface area contributed by atoms with Crippen molar-refractivity contribution in [2.24, 2.45) is 0 Å². The average molecular weight is 428 g/mol. The molecule has 1 N–H and O–H groups in total. The van der Waals surface area contributed by atoms with Crippen molar-refractivity contribution in [3.63, 3.8) is 0 Å². The van der Waals surface area contributed by atoms with Crippen LogP contribution in [0.5, 0.6) is 0 Å². The molecule has 2 aromatic carbocycles. The van der Waals surface area contributed by atoms with E-state index in [0.717, 1.165) is 18.4 Å². The van der Waals surface area contributed by atoms with Gasteiger partial charge in [0.15, 0.2) is 0 Å². The first kappa shape index (κ1) is 20.4. The number of nitrogens with one attached hydrogen (secondary N) is 1. The lowest BCUT2D eigenvalue weighted by Gasteiger charge is -2.16. The van der Waals surface area contributed by atoms with Gasteiger partial charge in [0.1, 0.15) is 6.54 Å². The van der Waals surface area contributed by atoms with E-state index in [1.165, 1.54) is 9.13 Å². The Hall–Kier alpha value is -2.90. The van der Waals surface area contributed by atoms with E-state index in [4.69, 9.17) is 16.3 Å². The van der Waals surface area contributed by atoms with Crippen molar-refractivity contribution in [1.82, 2.24) is 14.5 Å². The quantitative estimate of drug-likeness (QED) is 0.611. The lowest BCUT2D eigenvalue weighted by Crippen LogP contribution is -2.44. The smallest absolute Gasteiger partial charge is 0.317 e. The molecule has 0 unspecified atom stereocenters. The van der Waals surface area contributed by atoms with Crippen LogP contribution in [0.2, 0.25) is 5.02 Å². The molecule has 0 bridgehead atoms. The third kappa shape index (κ3) is 4.32. The van der Waals surface area contributed by atoms with Crippen LogP contribution in [0.1, 0.15) is 18.4 Å². The highest BCUT2D eigenvalue weighted by Gasteiger charge is 2.18. The normalized spacial score (nSPS) is 16.1. The number of carbonyl (C=O) groups excluding carboxylic acids is 1. The number of fused-ring (bicyclic) bond motifs is 1. The van der Waals surface area contributed by atoms with Gasteiger partial charge in [-0.15, -0.1) is 0 Å². The van der Waals surface area contributed by atoms with E-state index in [1.54, 1.807) is 36.4 Å². The van der Waals surface area contributed by atoms with Crippen LogP contribution in [0.3, 0.4) is 0 Å². The largest absolute Gasteiger partial charge is 0.376 e. The molecule has 3 aromatic rings. The second-order valence-electron chi connectivity index (χ2n) is 7.34. The van der Waals surface area contributed by atoms with Crippen LogP contribution in [-0.4, -0.2) is 34.3 Å². The molecule has 1 amide bonds. The number of hydrogen-bond donors (Lipinski definition) is 1. The summed E-state index contributed by atoms with van der Waals surface area (Å²) in [6.07, 6.45) is 1.90. The van der Waals surface area contributed by atoms with Crippen molar-refractivity contribution >= 4 is 28.5 Å². The maximum Gasteiger partial charge on any atom is 0.317 e. The van der Waals surface area contributed by atoms with Crippen LogP contribution in [0.25, 0.3) is 11.0 Å². The van der Waals surface area contributed by atoms with Gasteiger partial charge in [-0.1, -0.05) is 35.9 Å². The van der Waals surface area contributed by atoms with Crippen LogP contribution in [0, 0.1) is 0 Å². The van der Waals surface area contributed by atoms with Gasteiger partial charge >= 0.3 is 11.1 Å². The molecule has 156 valence electrons. The zero-order chi connectivity index (χ0) is 21.1. The van der Waals surface area contributed by atoms with Crippen LogP contribution < -0.4 is 16.4 Å². The number of para-hydroxylation sites is 2. The summed E-state index contributed by atoms with van der Waals surface area (Å²) in [6.45, 7) is 1.12. The van der Waals surface area contributed by atoms with E-state index in [1.807, 2.05) is 12.1 Å². The van der Waals surface area contributed by atoms with Gasteiger partial charge in [0.05, 0.1) is 23.7 Å². The molecule has 1 aromatic heterocycles. The van der Waals surface area contributed by atoms with Gasteiger partial charge in [0.25, 0.3) is 0 Å². The second-order valence-corrected chi connectivity index (χ2v) is 7.77. The molecule has 1 aliphatic rings. The number of aromatic nitrogens is 2. The summed E-state index contributed by atoms with van der Waals surface area (Å²) in [4.78, 5) is 38.2. The number of halogens is 1. The van der Waals surface area contributed by atoms with E-state index < -0.39 is 11.1 Å². The number of amides is 1. The molecular weight excluding hydrogens is 406 g/mol. The number of rotatable bonds is 6. The molecule has 0 saturated carbocycles. The van der Waals surface area contributed by atoms with Gasteiger partial charge in [0, 0.05) is 18.2 Å². The predicted molar refractivity (Wildman–Crippen MR) is 115 cm³/mol. The molecule has 8 heteroatoms. The summed E-state index contributed by atoms with van der Waals surface area (Å²) in [5, 5.41) is 3.40. The van der Waals surface area contributed by atoms with Crippen molar-refractivity contribution in [3.8, 4) is 0 Å². The van der Waals surface area contributed by atoms with E-state index in [9.17, 15) is 14.4 Å². The average Bonchev–Trinajstić information content (AvgIpc) is 3.28. The first-order chi connectivity index (χ1) is 14.5. The minimum atomic E-state index is -0.727. The second kappa shape index (κ2) is 8.85. The summed E-state index contributed by atoms with van der Waals surface area (Å²) in [6, 6.07) is 14.2. The Balaban J connectivity index is 1.65. The van der Waals surface area contributed by atoms with E-state index in [-0.39, 0.29) is 25.1 Å². The first-order valence-corrected chi connectivity index (χ1v) is 10.3. The fourth-order valence-corrected chi connectivity index (χ4v) is 3.82. The number of ether oxygens (including phenoxy) is 1. The third-order valence-electron chi connectivity index (χ3n) is 5.24.